The summed E-state index contributed by atoms with van der Waals surface area (Å²) in [4.78, 5) is 40.5. The number of esters is 1. The van der Waals surface area contributed by atoms with Gasteiger partial charge in [-0.2, -0.15) is 0 Å². The Morgan fingerprint density at radius 1 is 0.919 bits per heavy atom. The number of Topliss-reactive ketones (excluding diaryl/α,β-unsaturated/α-hetero) is 1. The molecule has 0 aliphatic carbocycles. The summed E-state index contributed by atoms with van der Waals surface area (Å²) in [6.45, 7) is 5.32. The van der Waals surface area contributed by atoms with Gasteiger partial charge in [0.15, 0.2) is 11.5 Å². The first kappa shape index (κ1) is 30.1. The number of hydrogen-bond donors (Lipinski definition) is 2. The molecule has 0 spiro atoms. The van der Waals surface area contributed by atoms with Crippen LogP contribution in [0.1, 0.15) is 74.1 Å². The van der Waals surface area contributed by atoms with E-state index in [1.54, 1.807) is 33.3 Å². The fourth-order valence-corrected chi connectivity index (χ4v) is 3.77. The van der Waals surface area contributed by atoms with Crippen molar-refractivity contribution in [1.29, 1.82) is 0 Å². The van der Waals surface area contributed by atoms with Crippen LogP contribution in [-0.4, -0.2) is 69.9 Å². The average molecular weight is 521 g/mol. The number of unbranched alkanes of at least 4 members (excludes halogenated alkanes) is 2. The molecule has 1 aliphatic heterocycles. The Morgan fingerprint density at radius 2 is 1.59 bits per heavy atom. The zero-order valence-corrected chi connectivity index (χ0v) is 22.4. The van der Waals surface area contributed by atoms with Gasteiger partial charge >= 0.3 is 5.97 Å². The van der Waals surface area contributed by atoms with Gasteiger partial charge in [0, 0.05) is 44.0 Å². The summed E-state index contributed by atoms with van der Waals surface area (Å²) in [5.74, 6) is -0.271. The summed E-state index contributed by atoms with van der Waals surface area (Å²) in [6, 6.07) is 1.80. The van der Waals surface area contributed by atoms with Gasteiger partial charge in [-0.1, -0.05) is 13.3 Å². The van der Waals surface area contributed by atoms with Crippen LogP contribution >= 0.6 is 0 Å². The van der Waals surface area contributed by atoms with E-state index in [1.165, 1.54) is 0 Å². The van der Waals surface area contributed by atoms with Gasteiger partial charge < -0.3 is 34.0 Å². The van der Waals surface area contributed by atoms with Gasteiger partial charge in [0.05, 0.1) is 25.5 Å². The average Bonchev–Trinajstić information content (AvgIpc) is 3.41. The lowest BCUT2D eigenvalue weighted by Gasteiger charge is -2.10. The van der Waals surface area contributed by atoms with Gasteiger partial charge in [-0.05, 0) is 44.7 Å². The maximum absolute atomic E-state index is 13.0. The fourth-order valence-electron chi connectivity index (χ4n) is 3.77. The summed E-state index contributed by atoms with van der Waals surface area (Å²) in [5, 5.41) is 2.79. The summed E-state index contributed by atoms with van der Waals surface area (Å²) in [5.41, 5.74) is 2.59. The molecule has 2 heterocycles. The Kier molecular flexibility index (Phi) is 13.5. The molecular formula is C27H40N2O8. The number of H-pyrrole nitrogens is 1. The standard InChI is InChI=1S/C27H40N2O8/c1-5-7-10-21-20(23(30)11-8-9-12-24(31)35-6-2)17-19(28-21)18-22-25(36-15-13-33-3)26(27(32)29-22)37-16-14-34-4/h17-18,28H,5-16H2,1-4H3,(H,29,32). The molecule has 0 unspecified atom stereocenters. The van der Waals surface area contributed by atoms with E-state index in [2.05, 4.69) is 17.2 Å². The lowest BCUT2D eigenvalue weighted by molar-refractivity contribution is -0.143. The minimum Gasteiger partial charge on any atom is -0.485 e. The summed E-state index contributed by atoms with van der Waals surface area (Å²) in [6.07, 6.45) is 6.23. The maximum atomic E-state index is 13.0. The first-order valence-electron chi connectivity index (χ1n) is 12.9. The maximum Gasteiger partial charge on any atom is 0.305 e. The number of ether oxygens (including phenoxy) is 5. The first-order valence-corrected chi connectivity index (χ1v) is 12.9. The number of carbonyl (C=O) groups is 3. The molecule has 0 radical (unpaired) electrons. The first-order chi connectivity index (χ1) is 17.9. The van der Waals surface area contributed by atoms with Gasteiger partial charge in [0.1, 0.15) is 13.2 Å². The quantitative estimate of drug-likeness (QED) is 0.161. The van der Waals surface area contributed by atoms with E-state index in [1.807, 2.05) is 0 Å². The highest BCUT2D eigenvalue weighted by molar-refractivity contribution is 6.00. The largest absolute Gasteiger partial charge is 0.485 e. The highest BCUT2D eigenvalue weighted by atomic mass is 16.6. The van der Waals surface area contributed by atoms with Crippen LogP contribution in [0.25, 0.3) is 6.08 Å². The smallest absolute Gasteiger partial charge is 0.305 e. The highest BCUT2D eigenvalue weighted by Crippen LogP contribution is 2.26. The minimum absolute atomic E-state index is 0.0158. The molecule has 1 aromatic rings. The normalized spacial score (nSPS) is 14.3. The van der Waals surface area contributed by atoms with E-state index >= 15 is 0 Å². The molecule has 0 atom stereocenters. The van der Waals surface area contributed by atoms with Gasteiger partial charge in [-0.25, -0.2) is 0 Å². The molecule has 206 valence electrons. The van der Waals surface area contributed by atoms with E-state index in [0.717, 1.165) is 25.0 Å². The molecular weight excluding hydrogens is 480 g/mol. The van der Waals surface area contributed by atoms with Gasteiger partial charge in [-0.3, -0.25) is 14.4 Å². The number of rotatable bonds is 19. The molecule has 1 aromatic heterocycles. The molecule has 10 heteroatoms. The number of methoxy groups -OCH3 is 2. The lowest BCUT2D eigenvalue weighted by atomic mass is 10.0. The van der Waals surface area contributed by atoms with E-state index in [9.17, 15) is 14.4 Å². The Balaban J connectivity index is 2.22. The van der Waals surface area contributed by atoms with Crippen LogP contribution in [0.15, 0.2) is 23.3 Å². The molecule has 2 N–H and O–H groups in total. The molecule has 0 saturated carbocycles. The van der Waals surface area contributed by atoms with E-state index in [-0.39, 0.29) is 36.5 Å². The van der Waals surface area contributed by atoms with Crippen molar-refractivity contribution in [3.63, 3.8) is 0 Å². The summed E-state index contributed by atoms with van der Waals surface area (Å²) in [7, 11) is 3.11. The van der Waals surface area contributed by atoms with Crippen molar-refractivity contribution < 1.29 is 38.1 Å². The molecule has 0 fully saturated rings. The monoisotopic (exact) mass is 520 g/mol. The second-order valence-electron chi connectivity index (χ2n) is 8.51. The zero-order chi connectivity index (χ0) is 27.0. The van der Waals surface area contributed by atoms with Crippen LogP contribution in [-0.2, 0) is 39.7 Å². The third kappa shape index (κ3) is 9.70. The van der Waals surface area contributed by atoms with Crippen LogP contribution in [0.5, 0.6) is 0 Å². The number of carbonyl (C=O) groups excluding carboxylic acids is 3. The van der Waals surface area contributed by atoms with Crippen molar-refractivity contribution >= 4 is 23.7 Å². The molecule has 2 rings (SSSR count). The minimum atomic E-state index is -0.412. The second kappa shape index (κ2) is 16.6. The topological polar surface area (TPSA) is 125 Å². The van der Waals surface area contributed by atoms with E-state index in [0.29, 0.717) is 62.5 Å². The van der Waals surface area contributed by atoms with Crippen LogP contribution < -0.4 is 5.32 Å². The number of ketones is 1. The number of nitrogens with one attached hydrogen (secondary N) is 2. The van der Waals surface area contributed by atoms with Crippen molar-refractivity contribution in [3.05, 3.63) is 40.2 Å². The van der Waals surface area contributed by atoms with Crippen molar-refractivity contribution in [1.82, 2.24) is 10.3 Å². The summed E-state index contributed by atoms with van der Waals surface area (Å²) >= 11 is 0. The third-order valence-electron chi connectivity index (χ3n) is 5.61. The molecule has 0 aromatic carbocycles. The number of aromatic nitrogens is 1. The van der Waals surface area contributed by atoms with Gasteiger partial charge in [0.25, 0.3) is 5.91 Å². The zero-order valence-electron chi connectivity index (χ0n) is 22.4. The predicted octanol–water partition coefficient (Wildman–Crippen LogP) is 3.67. The Morgan fingerprint density at radius 3 is 2.24 bits per heavy atom. The summed E-state index contributed by atoms with van der Waals surface area (Å²) < 4.78 is 26.4. The van der Waals surface area contributed by atoms with Crippen molar-refractivity contribution in [2.75, 3.05) is 47.3 Å². The van der Waals surface area contributed by atoms with E-state index in [4.69, 9.17) is 23.7 Å². The third-order valence-corrected chi connectivity index (χ3v) is 5.61. The van der Waals surface area contributed by atoms with Crippen LogP contribution in [0.2, 0.25) is 0 Å². The Labute approximate surface area is 218 Å². The molecule has 1 aliphatic rings. The van der Waals surface area contributed by atoms with Crippen LogP contribution in [0, 0.1) is 0 Å². The SMILES string of the molecule is CCCCc1[nH]c(C=C2NC(=O)C(OCCOC)=C2OCCOC)cc1C(=O)CCCCC(=O)OCC. The number of hydrogen-bond acceptors (Lipinski definition) is 8. The van der Waals surface area contributed by atoms with Crippen molar-refractivity contribution in [2.24, 2.45) is 0 Å². The van der Waals surface area contributed by atoms with Crippen molar-refractivity contribution in [3.8, 4) is 0 Å². The highest BCUT2D eigenvalue weighted by Gasteiger charge is 2.31. The molecule has 37 heavy (non-hydrogen) atoms. The second-order valence-corrected chi connectivity index (χ2v) is 8.51. The van der Waals surface area contributed by atoms with Crippen LogP contribution in [0.4, 0.5) is 0 Å². The predicted molar refractivity (Wildman–Crippen MR) is 138 cm³/mol. The number of aryl methyl sites for hydroxylation is 1. The number of aromatic amines is 1. The van der Waals surface area contributed by atoms with Crippen molar-refractivity contribution in [2.45, 2.75) is 58.8 Å². The molecule has 0 saturated heterocycles. The fraction of sp³-hybridized carbons (Fsp3) is 0.593. The Bertz CT molecular complexity index is 964. The molecule has 10 nitrogen and oxygen atoms in total. The Hall–Kier alpha value is -3.11. The van der Waals surface area contributed by atoms with E-state index < -0.39 is 5.91 Å². The number of amides is 1. The van der Waals surface area contributed by atoms with Gasteiger partial charge in [0.2, 0.25) is 5.76 Å². The lowest BCUT2D eigenvalue weighted by Crippen LogP contribution is -2.18. The molecule has 1 amide bonds. The molecule has 0 bridgehead atoms. The van der Waals surface area contributed by atoms with Gasteiger partial charge in [-0.15, -0.1) is 0 Å². The van der Waals surface area contributed by atoms with Crippen LogP contribution in [0.3, 0.4) is 0 Å².